The fraction of sp³-hybridized carbons (Fsp3) is 0.105. The molecule has 22 heavy (non-hydrogen) atoms. The van der Waals surface area contributed by atoms with Crippen LogP contribution in [0.4, 0.5) is 0 Å². The predicted octanol–water partition coefficient (Wildman–Crippen LogP) is 4.48. The first-order chi connectivity index (χ1) is 10.7. The Labute approximate surface area is 133 Å². The number of rotatable bonds is 4. The normalized spacial score (nSPS) is 12.3. The molecule has 1 N–H and O–H groups in total. The summed E-state index contributed by atoms with van der Waals surface area (Å²) in [6.45, 7) is 0. The average molecular weight is 308 g/mol. The van der Waals surface area contributed by atoms with Crippen molar-refractivity contribution in [2.45, 2.75) is 11.0 Å². The fourth-order valence-electron chi connectivity index (χ4n) is 2.44. The van der Waals surface area contributed by atoms with E-state index in [0.29, 0.717) is 11.1 Å². The lowest BCUT2D eigenvalue weighted by molar-refractivity contribution is 0.0747. The quantitative estimate of drug-likeness (QED) is 0.570. The Morgan fingerprint density at radius 3 is 2.32 bits per heavy atom. The van der Waals surface area contributed by atoms with Crippen molar-refractivity contribution in [1.29, 1.82) is 0 Å². The topological polar surface area (TPSA) is 37.3 Å². The number of aliphatic hydroxyl groups is 1. The third kappa shape index (κ3) is 2.91. The summed E-state index contributed by atoms with van der Waals surface area (Å²) in [5, 5.41) is 12.4. The van der Waals surface area contributed by atoms with E-state index in [4.69, 9.17) is 0 Å². The van der Waals surface area contributed by atoms with Gasteiger partial charge in [0.25, 0.3) is 0 Å². The van der Waals surface area contributed by atoms with Crippen LogP contribution in [-0.4, -0.2) is 17.1 Å². The number of aliphatic hydroxyl groups excluding tert-OH is 1. The van der Waals surface area contributed by atoms with Crippen LogP contribution in [-0.2, 0) is 0 Å². The molecule has 0 amide bonds. The zero-order chi connectivity index (χ0) is 15.5. The average Bonchev–Trinajstić information content (AvgIpc) is 2.60. The maximum Gasteiger partial charge on any atom is 0.195 e. The zero-order valence-corrected chi connectivity index (χ0v) is 13.0. The largest absolute Gasteiger partial charge is 0.380 e. The molecule has 3 aromatic carbocycles. The van der Waals surface area contributed by atoms with Crippen molar-refractivity contribution in [3.05, 3.63) is 77.9 Å². The van der Waals surface area contributed by atoms with E-state index in [0.717, 1.165) is 15.7 Å². The van der Waals surface area contributed by atoms with E-state index in [9.17, 15) is 9.90 Å². The molecule has 0 saturated carbocycles. The van der Waals surface area contributed by atoms with Crippen molar-refractivity contribution in [3.63, 3.8) is 0 Å². The molecule has 1 unspecified atom stereocenters. The first kappa shape index (κ1) is 14.8. The van der Waals surface area contributed by atoms with E-state index in [1.54, 1.807) is 30.0 Å². The zero-order valence-electron chi connectivity index (χ0n) is 12.2. The van der Waals surface area contributed by atoms with Gasteiger partial charge in [-0.25, -0.2) is 0 Å². The van der Waals surface area contributed by atoms with Gasteiger partial charge in [0.15, 0.2) is 5.78 Å². The summed E-state index contributed by atoms with van der Waals surface area (Å²) in [5.41, 5.74) is 1.15. The number of carbonyl (C=O) groups excluding carboxylic acids is 1. The number of thioether (sulfide) groups is 1. The molecule has 110 valence electrons. The Balaban J connectivity index is 1.90. The van der Waals surface area contributed by atoms with Gasteiger partial charge in [0.05, 0.1) is 0 Å². The van der Waals surface area contributed by atoms with Crippen LogP contribution in [0, 0.1) is 0 Å². The molecule has 2 nitrogen and oxygen atoms in total. The van der Waals surface area contributed by atoms with Crippen LogP contribution < -0.4 is 0 Å². The van der Waals surface area contributed by atoms with E-state index in [2.05, 4.69) is 0 Å². The highest BCUT2D eigenvalue weighted by Gasteiger charge is 2.19. The van der Waals surface area contributed by atoms with Crippen molar-refractivity contribution in [2.24, 2.45) is 0 Å². The molecule has 0 aliphatic rings. The number of hydrogen-bond acceptors (Lipinski definition) is 3. The number of Topliss-reactive ketones (excluding diaryl/α,β-unsaturated/α-hetero) is 1. The third-order valence-electron chi connectivity index (χ3n) is 3.71. The van der Waals surface area contributed by atoms with Crippen LogP contribution in [0.2, 0.25) is 0 Å². The van der Waals surface area contributed by atoms with Gasteiger partial charge in [-0.15, -0.1) is 11.8 Å². The molecule has 0 aromatic heterocycles. The first-order valence-electron chi connectivity index (χ1n) is 7.04. The Morgan fingerprint density at radius 1 is 0.955 bits per heavy atom. The molecule has 0 radical (unpaired) electrons. The lowest BCUT2D eigenvalue weighted by Gasteiger charge is -2.11. The van der Waals surface area contributed by atoms with E-state index in [1.165, 1.54) is 0 Å². The fourth-order valence-corrected chi connectivity index (χ4v) is 2.85. The number of carbonyl (C=O) groups is 1. The highest BCUT2D eigenvalue weighted by Crippen LogP contribution is 2.24. The molecule has 0 fully saturated rings. The molecule has 0 spiro atoms. The van der Waals surface area contributed by atoms with Crippen LogP contribution in [0.3, 0.4) is 0 Å². The van der Waals surface area contributed by atoms with Gasteiger partial charge in [-0.3, -0.25) is 4.79 Å². The number of fused-ring (bicyclic) bond motifs is 1. The van der Waals surface area contributed by atoms with Gasteiger partial charge in [0.2, 0.25) is 0 Å². The number of ketones is 1. The second kappa shape index (κ2) is 6.34. The van der Waals surface area contributed by atoms with Crippen molar-refractivity contribution in [1.82, 2.24) is 0 Å². The van der Waals surface area contributed by atoms with Crippen LogP contribution >= 0.6 is 11.8 Å². The standard InChI is InChI=1S/C19H16O2S/c1-22-17-10-8-14(9-11-17)18(20)19(21)16-7-6-13-4-2-3-5-15(13)12-16/h2-12,18,20H,1H3. The predicted molar refractivity (Wildman–Crippen MR) is 91.5 cm³/mol. The highest BCUT2D eigenvalue weighted by atomic mass is 32.2. The highest BCUT2D eigenvalue weighted by molar-refractivity contribution is 7.98. The summed E-state index contributed by atoms with van der Waals surface area (Å²) in [4.78, 5) is 13.6. The Bertz CT molecular complexity index is 809. The van der Waals surface area contributed by atoms with E-state index < -0.39 is 6.10 Å². The molecule has 3 heteroatoms. The molecular formula is C19H16O2S. The van der Waals surface area contributed by atoms with Gasteiger partial charge in [-0.1, -0.05) is 48.5 Å². The molecule has 0 aliphatic heterocycles. The Kier molecular flexibility index (Phi) is 4.27. The summed E-state index contributed by atoms with van der Waals surface area (Å²) in [6, 6.07) is 20.8. The SMILES string of the molecule is CSc1ccc(C(O)C(=O)c2ccc3ccccc3c2)cc1. The minimum Gasteiger partial charge on any atom is -0.380 e. The summed E-state index contributed by atoms with van der Waals surface area (Å²) >= 11 is 1.63. The molecule has 3 rings (SSSR count). The number of hydrogen-bond donors (Lipinski definition) is 1. The van der Waals surface area contributed by atoms with Gasteiger partial charge >= 0.3 is 0 Å². The van der Waals surface area contributed by atoms with Crippen LogP contribution in [0.5, 0.6) is 0 Å². The van der Waals surface area contributed by atoms with E-state index in [-0.39, 0.29) is 5.78 Å². The van der Waals surface area contributed by atoms with Crippen LogP contribution in [0.25, 0.3) is 10.8 Å². The van der Waals surface area contributed by atoms with Crippen molar-refractivity contribution >= 4 is 28.3 Å². The van der Waals surface area contributed by atoms with E-state index >= 15 is 0 Å². The van der Waals surface area contributed by atoms with Crippen molar-refractivity contribution < 1.29 is 9.90 Å². The van der Waals surface area contributed by atoms with Gasteiger partial charge in [-0.2, -0.15) is 0 Å². The lowest BCUT2D eigenvalue weighted by atomic mass is 9.98. The molecule has 0 aliphatic carbocycles. The Morgan fingerprint density at radius 2 is 1.64 bits per heavy atom. The first-order valence-corrected chi connectivity index (χ1v) is 8.26. The van der Waals surface area contributed by atoms with Crippen LogP contribution in [0.15, 0.2) is 71.6 Å². The monoisotopic (exact) mass is 308 g/mol. The third-order valence-corrected chi connectivity index (χ3v) is 4.46. The molecule has 0 bridgehead atoms. The molecular weight excluding hydrogens is 292 g/mol. The maximum atomic E-state index is 12.5. The number of benzene rings is 3. The summed E-state index contributed by atoms with van der Waals surface area (Å²) < 4.78 is 0. The maximum absolute atomic E-state index is 12.5. The van der Waals surface area contributed by atoms with Crippen molar-refractivity contribution in [3.8, 4) is 0 Å². The van der Waals surface area contributed by atoms with Crippen LogP contribution in [0.1, 0.15) is 22.0 Å². The van der Waals surface area contributed by atoms with Gasteiger partial charge in [0.1, 0.15) is 6.10 Å². The summed E-state index contributed by atoms with van der Waals surface area (Å²) in [7, 11) is 0. The lowest BCUT2D eigenvalue weighted by Crippen LogP contribution is -2.12. The second-order valence-corrected chi connectivity index (χ2v) is 5.98. The molecule has 0 saturated heterocycles. The van der Waals surface area contributed by atoms with Gasteiger partial charge < -0.3 is 5.11 Å². The molecule has 1 atom stereocenters. The van der Waals surface area contributed by atoms with Gasteiger partial charge in [0, 0.05) is 10.5 Å². The summed E-state index contributed by atoms with van der Waals surface area (Å²) in [5.74, 6) is -0.275. The molecule has 0 heterocycles. The summed E-state index contributed by atoms with van der Waals surface area (Å²) in [6.07, 6.45) is 0.864. The molecule has 3 aromatic rings. The van der Waals surface area contributed by atoms with Gasteiger partial charge in [-0.05, 0) is 40.8 Å². The smallest absolute Gasteiger partial charge is 0.195 e. The van der Waals surface area contributed by atoms with Crippen molar-refractivity contribution in [2.75, 3.05) is 6.26 Å². The minimum absolute atomic E-state index is 0.275. The second-order valence-electron chi connectivity index (χ2n) is 5.10. The minimum atomic E-state index is -1.13. The van der Waals surface area contributed by atoms with E-state index in [1.807, 2.05) is 54.8 Å². The Hall–Kier alpha value is -2.10.